The predicted molar refractivity (Wildman–Crippen MR) is 74.9 cm³/mol. The number of carbonyl (C=O) groups excluding carboxylic acids is 1. The Balaban J connectivity index is 2.21. The topological polar surface area (TPSA) is 78.9 Å². The molecule has 0 saturated carbocycles. The summed E-state index contributed by atoms with van der Waals surface area (Å²) in [4.78, 5) is 11.9. The molecule has 3 N–H and O–H groups in total. The maximum atomic E-state index is 13.3. The van der Waals surface area contributed by atoms with Gasteiger partial charge in [-0.1, -0.05) is 11.6 Å². The van der Waals surface area contributed by atoms with Crippen LogP contribution in [0.25, 0.3) is 0 Å². The summed E-state index contributed by atoms with van der Waals surface area (Å²) in [7, 11) is 0. The number of nitrogens with zero attached hydrogens (tertiary/aromatic N) is 1. The van der Waals surface area contributed by atoms with Gasteiger partial charge in [0.2, 0.25) is 0 Å². The number of nitriles is 1. The third-order valence-electron chi connectivity index (χ3n) is 2.61. The highest BCUT2D eigenvalue weighted by molar-refractivity contribution is 6.32. The van der Waals surface area contributed by atoms with E-state index in [9.17, 15) is 9.18 Å². The first-order chi connectivity index (χ1) is 9.51. The number of benzene rings is 2. The Kier molecular flexibility index (Phi) is 3.87. The zero-order valence-electron chi connectivity index (χ0n) is 10.2. The Morgan fingerprint density at radius 3 is 2.65 bits per heavy atom. The molecule has 0 atom stereocenters. The van der Waals surface area contributed by atoms with Crippen molar-refractivity contribution in [1.29, 1.82) is 5.26 Å². The first-order valence-corrected chi connectivity index (χ1v) is 5.95. The van der Waals surface area contributed by atoms with E-state index in [4.69, 9.17) is 22.6 Å². The largest absolute Gasteiger partial charge is 0.396 e. The van der Waals surface area contributed by atoms with Gasteiger partial charge in [-0.3, -0.25) is 4.79 Å². The van der Waals surface area contributed by atoms with Gasteiger partial charge in [0.15, 0.2) is 0 Å². The van der Waals surface area contributed by atoms with Gasteiger partial charge < -0.3 is 11.1 Å². The fraction of sp³-hybridized carbons (Fsp3) is 0. The van der Waals surface area contributed by atoms with Gasteiger partial charge in [-0.15, -0.1) is 0 Å². The maximum absolute atomic E-state index is 13.3. The van der Waals surface area contributed by atoms with Crippen LogP contribution in [-0.4, -0.2) is 5.91 Å². The monoisotopic (exact) mass is 289 g/mol. The van der Waals surface area contributed by atoms with Gasteiger partial charge in [-0.2, -0.15) is 5.26 Å². The van der Waals surface area contributed by atoms with Crippen molar-refractivity contribution in [2.24, 2.45) is 0 Å². The molecule has 0 radical (unpaired) electrons. The summed E-state index contributed by atoms with van der Waals surface area (Å²) < 4.78 is 13.3. The van der Waals surface area contributed by atoms with Crippen LogP contribution in [0, 0.1) is 17.1 Å². The molecule has 20 heavy (non-hydrogen) atoms. The predicted octanol–water partition coefficient (Wildman–Crippen LogP) is 3.19. The molecule has 2 rings (SSSR count). The van der Waals surface area contributed by atoms with Crippen LogP contribution < -0.4 is 11.1 Å². The summed E-state index contributed by atoms with van der Waals surface area (Å²) in [5.41, 5.74) is 6.17. The third kappa shape index (κ3) is 2.87. The van der Waals surface area contributed by atoms with E-state index in [1.165, 1.54) is 30.3 Å². The molecule has 0 aromatic heterocycles. The lowest BCUT2D eigenvalue weighted by atomic mass is 10.1. The van der Waals surface area contributed by atoms with Crippen LogP contribution in [0.1, 0.15) is 15.9 Å². The lowest BCUT2D eigenvalue weighted by Gasteiger charge is -2.07. The molecule has 2 aromatic carbocycles. The quantitative estimate of drug-likeness (QED) is 0.833. The molecule has 0 spiro atoms. The van der Waals surface area contributed by atoms with Crippen LogP contribution in [0.5, 0.6) is 0 Å². The zero-order valence-corrected chi connectivity index (χ0v) is 10.9. The number of halogens is 2. The standard InChI is InChI=1S/C14H9ClFN3O/c15-11-6-10(3-1-9(11)7-17)19-14(20)8-2-4-13(18)12(16)5-8/h1-6H,18H2,(H,19,20). The van der Waals surface area contributed by atoms with Crippen molar-refractivity contribution in [1.82, 2.24) is 0 Å². The third-order valence-corrected chi connectivity index (χ3v) is 2.92. The number of carbonyl (C=O) groups is 1. The first-order valence-electron chi connectivity index (χ1n) is 5.57. The smallest absolute Gasteiger partial charge is 0.255 e. The Morgan fingerprint density at radius 1 is 1.30 bits per heavy atom. The van der Waals surface area contributed by atoms with Crippen LogP contribution in [0.15, 0.2) is 36.4 Å². The lowest BCUT2D eigenvalue weighted by Crippen LogP contribution is -2.12. The fourth-order valence-corrected chi connectivity index (χ4v) is 1.78. The van der Waals surface area contributed by atoms with Gasteiger partial charge >= 0.3 is 0 Å². The minimum Gasteiger partial charge on any atom is -0.396 e. The van der Waals surface area contributed by atoms with E-state index in [2.05, 4.69) is 5.32 Å². The van der Waals surface area contributed by atoms with Crippen molar-refractivity contribution >= 4 is 28.9 Å². The van der Waals surface area contributed by atoms with Crippen LogP contribution >= 0.6 is 11.6 Å². The molecule has 0 fully saturated rings. The molecule has 2 aromatic rings. The molecule has 0 unspecified atom stereocenters. The normalized spacial score (nSPS) is 9.85. The van der Waals surface area contributed by atoms with Crippen molar-refractivity contribution in [3.05, 3.63) is 58.4 Å². The Morgan fingerprint density at radius 2 is 2.05 bits per heavy atom. The van der Waals surface area contributed by atoms with E-state index in [1.54, 1.807) is 0 Å². The van der Waals surface area contributed by atoms with Crippen molar-refractivity contribution in [2.45, 2.75) is 0 Å². The molecule has 4 nitrogen and oxygen atoms in total. The van der Waals surface area contributed by atoms with Crippen molar-refractivity contribution < 1.29 is 9.18 Å². The van der Waals surface area contributed by atoms with E-state index in [0.717, 1.165) is 6.07 Å². The van der Waals surface area contributed by atoms with Crippen LogP contribution in [-0.2, 0) is 0 Å². The van der Waals surface area contributed by atoms with Gasteiger partial charge in [0.05, 0.1) is 16.3 Å². The van der Waals surface area contributed by atoms with Crippen LogP contribution in [0.3, 0.4) is 0 Å². The van der Waals surface area contributed by atoms with Crippen molar-refractivity contribution in [3.8, 4) is 6.07 Å². The van der Waals surface area contributed by atoms with Crippen LogP contribution in [0.2, 0.25) is 5.02 Å². The minimum absolute atomic E-state index is 0.0250. The molecule has 0 bridgehead atoms. The number of nitrogen functional groups attached to an aromatic ring is 1. The summed E-state index contributed by atoms with van der Waals surface area (Å²) in [6.45, 7) is 0. The fourth-order valence-electron chi connectivity index (χ4n) is 1.56. The average molecular weight is 290 g/mol. The number of hydrogen-bond acceptors (Lipinski definition) is 3. The zero-order chi connectivity index (χ0) is 14.7. The van der Waals surface area contributed by atoms with Gasteiger partial charge in [0, 0.05) is 11.3 Å². The highest BCUT2D eigenvalue weighted by Gasteiger charge is 2.10. The molecule has 6 heteroatoms. The van der Waals surface area contributed by atoms with E-state index >= 15 is 0 Å². The second-order valence-corrected chi connectivity index (χ2v) is 4.40. The molecule has 100 valence electrons. The first kappa shape index (κ1) is 13.8. The molecule has 0 heterocycles. The Bertz CT molecular complexity index is 725. The summed E-state index contributed by atoms with van der Waals surface area (Å²) in [5.74, 6) is -1.15. The van der Waals surface area contributed by atoms with Crippen LogP contribution in [0.4, 0.5) is 15.8 Å². The van der Waals surface area contributed by atoms with E-state index < -0.39 is 11.7 Å². The molecular formula is C14H9ClFN3O. The summed E-state index contributed by atoms with van der Waals surface area (Å²) in [6.07, 6.45) is 0. The molecule has 0 aliphatic rings. The number of amides is 1. The van der Waals surface area contributed by atoms with Gasteiger partial charge in [0.1, 0.15) is 11.9 Å². The van der Waals surface area contributed by atoms with Gasteiger partial charge in [0.25, 0.3) is 5.91 Å². The summed E-state index contributed by atoms with van der Waals surface area (Å²) >= 11 is 5.85. The van der Waals surface area contributed by atoms with Gasteiger partial charge in [-0.05, 0) is 36.4 Å². The molecule has 1 amide bonds. The number of nitrogens with two attached hydrogens (primary N) is 1. The highest BCUT2D eigenvalue weighted by atomic mass is 35.5. The Hall–Kier alpha value is -2.58. The summed E-state index contributed by atoms with van der Waals surface area (Å²) in [6, 6.07) is 10.2. The van der Waals surface area contributed by atoms with E-state index in [-0.39, 0.29) is 16.3 Å². The number of nitrogens with one attached hydrogen (secondary N) is 1. The number of anilines is 2. The number of rotatable bonds is 2. The van der Waals surface area contributed by atoms with E-state index in [0.29, 0.717) is 11.3 Å². The van der Waals surface area contributed by atoms with Gasteiger partial charge in [-0.25, -0.2) is 4.39 Å². The second-order valence-electron chi connectivity index (χ2n) is 4.00. The van der Waals surface area contributed by atoms with E-state index in [1.807, 2.05) is 6.07 Å². The lowest BCUT2D eigenvalue weighted by molar-refractivity contribution is 0.102. The second kappa shape index (κ2) is 5.59. The SMILES string of the molecule is N#Cc1ccc(NC(=O)c2ccc(N)c(F)c2)cc1Cl. The molecular weight excluding hydrogens is 281 g/mol. The maximum Gasteiger partial charge on any atom is 0.255 e. The average Bonchev–Trinajstić information content (AvgIpc) is 2.42. The number of hydrogen-bond donors (Lipinski definition) is 2. The molecule has 0 aliphatic heterocycles. The van der Waals surface area contributed by atoms with Crippen molar-refractivity contribution in [2.75, 3.05) is 11.1 Å². The Labute approximate surface area is 119 Å². The molecule has 0 saturated heterocycles. The summed E-state index contributed by atoms with van der Waals surface area (Å²) in [5, 5.41) is 11.5. The van der Waals surface area contributed by atoms with Crippen molar-refractivity contribution in [3.63, 3.8) is 0 Å². The minimum atomic E-state index is -0.657. The molecule has 0 aliphatic carbocycles. The highest BCUT2D eigenvalue weighted by Crippen LogP contribution is 2.21.